The number of nitro groups is 1. The maximum atomic E-state index is 13.7. The van der Waals surface area contributed by atoms with Crippen LogP contribution < -0.4 is 10.1 Å². The van der Waals surface area contributed by atoms with Crippen LogP contribution in [-0.4, -0.2) is 28.7 Å². The molecule has 1 amide bonds. The number of nitro benzene ring substituents is 1. The van der Waals surface area contributed by atoms with Gasteiger partial charge in [-0.25, -0.2) is 0 Å². The number of halogens is 3. The second-order valence-electron chi connectivity index (χ2n) is 7.87. The first-order valence-electron chi connectivity index (χ1n) is 10.3. The number of hydrogen-bond acceptors (Lipinski definition) is 7. The number of benzene rings is 2. The fourth-order valence-corrected chi connectivity index (χ4v) is 3.53. The standard InChI is InChI=1S/C24H16F3N3O6/c1-12-9-17(19(30(34)35)10-13(12)2)20-8-7-16(36-20)11-18-21(24(25,26)27)28-29(22(18)31)15-5-3-14(4-6-15)23(32)33/h3-11H,1-2H3,(H,32,33)/p-1/b18-11+. The Kier molecular flexibility index (Phi) is 5.96. The SMILES string of the molecule is Cc1cc(-c2ccc(/C=C3/C(=O)N(c4ccc(C(=O)[O-])cc4)N=C3C(F)(F)F)o2)c([N+](=O)[O-])cc1C. The molecule has 2 aromatic carbocycles. The van der Waals surface area contributed by atoms with Gasteiger partial charge in [0.05, 0.1) is 27.7 Å². The van der Waals surface area contributed by atoms with E-state index in [1.165, 1.54) is 24.3 Å². The molecule has 36 heavy (non-hydrogen) atoms. The molecular formula is C24H15F3N3O6-. The maximum Gasteiger partial charge on any atom is 0.435 e. The second-order valence-corrected chi connectivity index (χ2v) is 7.87. The third kappa shape index (κ3) is 4.48. The van der Waals surface area contributed by atoms with E-state index in [0.717, 1.165) is 35.9 Å². The van der Waals surface area contributed by atoms with Gasteiger partial charge in [-0.1, -0.05) is 12.1 Å². The number of carboxylic acids is 1. The van der Waals surface area contributed by atoms with E-state index >= 15 is 0 Å². The molecule has 4 rings (SSSR count). The van der Waals surface area contributed by atoms with Crippen LogP contribution in [0.1, 0.15) is 27.2 Å². The van der Waals surface area contributed by atoms with Crippen molar-refractivity contribution in [3.05, 3.63) is 86.7 Å². The first-order chi connectivity index (χ1) is 16.9. The molecule has 2 heterocycles. The molecule has 0 spiro atoms. The van der Waals surface area contributed by atoms with Crippen LogP contribution >= 0.6 is 0 Å². The van der Waals surface area contributed by atoms with Gasteiger partial charge in [-0.2, -0.15) is 23.3 Å². The van der Waals surface area contributed by atoms with Gasteiger partial charge in [-0.05, 0) is 66.9 Å². The summed E-state index contributed by atoms with van der Waals surface area (Å²) in [7, 11) is 0. The Morgan fingerprint density at radius 3 is 2.31 bits per heavy atom. The fourth-order valence-electron chi connectivity index (χ4n) is 3.53. The van der Waals surface area contributed by atoms with Gasteiger partial charge in [0.25, 0.3) is 11.6 Å². The topological polar surface area (TPSA) is 129 Å². The molecule has 9 nitrogen and oxygen atoms in total. The van der Waals surface area contributed by atoms with Gasteiger partial charge in [0.1, 0.15) is 11.5 Å². The third-order valence-corrected chi connectivity index (χ3v) is 5.48. The first-order valence-corrected chi connectivity index (χ1v) is 10.3. The Morgan fingerprint density at radius 1 is 1.08 bits per heavy atom. The van der Waals surface area contributed by atoms with Crippen molar-refractivity contribution in [2.75, 3.05) is 5.01 Å². The zero-order chi connectivity index (χ0) is 26.4. The molecule has 0 unspecified atom stereocenters. The molecule has 0 aliphatic carbocycles. The van der Waals surface area contributed by atoms with Gasteiger partial charge < -0.3 is 14.3 Å². The number of anilines is 1. The smallest absolute Gasteiger partial charge is 0.435 e. The molecule has 0 saturated carbocycles. The van der Waals surface area contributed by atoms with E-state index in [2.05, 4.69) is 5.10 Å². The lowest BCUT2D eigenvalue weighted by molar-refractivity contribution is -0.384. The van der Waals surface area contributed by atoms with E-state index in [4.69, 9.17) is 4.42 Å². The number of alkyl halides is 3. The minimum absolute atomic E-state index is 0.0299. The fraction of sp³-hybridized carbons (Fsp3) is 0.125. The Morgan fingerprint density at radius 2 is 1.72 bits per heavy atom. The summed E-state index contributed by atoms with van der Waals surface area (Å²) in [6.07, 6.45) is -4.15. The zero-order valence-electron chi connectivity index (χ0n) is 18.6. The highest BCUT2D eigenvalue weighted by Crippen LogP contribution is 2.36. The van der Waals surface area contributed by atoms with Crippen LogP contribution in [0.3, 0.4) is 0 Å². The van der Waals surface area contributed by atoms with E-state index in [9.17, 15) is 38.0 Å². The summed E-state index contributed by atoms with van der Waals surface area (Å²) in [6, 6.07) is 9.90. The van der Waals surface area contributed by atoms with E-state index in [1.807, 2.05) is 0 Å². The predicted octanol–water partition coefficient (Wildman–Crippen LogP) is 4.18. The van der Waals surface area contributed by atoms with Gasteiger partial charge in [0, 0.05) is 6.07 Å². The average molecular weight is 498 g/mol. The Hall–Kier alpha value is -4.74. The number of hydrogen-bond donors (Lipinski definition) is 0. The molecule has 0 radical (unpaired) electrons. The van der Waals surface area contributed by atoms with Crippen LogP contribution in [0.2, 0.25) is 0 Å². The molecule has 3 aromatic rings. The van der Waals surface area contributed by atoms with Gasteiger partial charge in [-0.15, -0.1) is 0 Å². The van der Waals surface area contributed by atoms with Gasteiger partial charge in [0.2, 0.25) is 0 Å². The van der Waals surface area contributed by atoms with Crippen LogP contribution in [0.5, 0.6) is 0 Å². The van der Waals surface area contributed by atoms with Crippen molar-refractivity contribution in [3.63, 3.8) is 0 Å². The largest absolute Gasteiger partial charge is 0.545 e. The summed E-state index contributed by atoms with van der Waals surface area (Å²) in [5.41, 5.74) is -1.32. The second kappa shape index (κ2) is 8.80. The van der Waals surface area contributed by atoms with Crippen LogP contribution in [0.4, 0.5) is 24.5 Å². The van der Waals surface area contributed by atoms with Gasteiger partial charge in [0.15, 0.2) is 5.71 Å². The monoisotopic (exact) mass is 498 g/mol. The molecule has 12 heteroatoms. The quantitative estimate of drug-likeness (QED) is 0.295. The molecule has 1 aliphatic rings. The van der Waals surface area contributed by atoms with Gasteiger partial charge in [-0.3, -0.25) is 14.9 Å². The summed E-state index contributed by atoms with van der Waals surface area (Å²) < 4.78 is 46.7. The number of carbonyl (C=O) groups is 2. The van der Waals surface area contributed by atoms with Crippen molar-refractivity contribution in [2.24, 2.45) is 5.10 Å². The van der Waals surface area contributed by atoms with Crippen molar-refractivity contribution in [2.45, 2.75) is 20.0 Å². The van der Waals surface area contributed by atoms with Crippen molar-refractivity contribution in [1.29, 1.82) is 0 Å². The lowest BCUT2D eigenvalue weighted by Crippen LogP contribution is -2.25. The summed E-state index contributed by atoms with van der Waals surface area (Å²) in [5, 5.41) is 26.3. The molecular weight excluding hydrogens is 483 g/mol. The molecule has 184 valence electrons. The molecule has 1 aliphatic heterocycles. The molecule has 0 bridgehead atoms. The van der Waals surface area contributed by atoms with Crippen LogP contribution in [0.15, 0.2) is 63.6 Å². The van der Waals surface area contributed by atoms with E-state index in [1.54, 1.807) is 13.8 Å². The Labute approximate surface area is 200 Å². The van der Waals surface area contributed by atoms with Crippen molar-refractivity contribution < 1.29 is 37.2 Å². The van der Waals surface area contributed by atoms with E-state index < -0.39 is 34.3 Å². The van der Waals surface area contributed by atoms with Crippen LogP contribution in [0, 0.1) is 24.0 Å². The number of rotatable bonds is 5. The lowest BCUT2D eigenvalue weighted by atomic mass is 10.0. The molecule has 0 saturated heterocycles. The number of aromatic carboxylic acids is 1. The Bertz CT molecular complexity index is 1470. The lowest BCUT2D eigenvalue weighted by Gasteiger charge is -2.12. The highest BCUT2D eigenvalue weighted by molar-refractivity contribution is 6.34. The molecule has 0 fully saturated rings. The summed E-state index contributed by atoms with van der Waals surface area (Å²) in [6.45, 7) is 3.44. The number of carboxylic acid groups (broad SMARTS) is 1. The highest BCUT2D eigenvalue weighted by atomic mass is 19.4. The number of nitrogens with zero attached hydrogens (tertiary/aromatic N) is 3. The van der Waals surface area contributed by atoms with Crippen LogP contribution in [0.25, 0.3) is 17.4 Å². The van der Waals surface area contributed by atoms with Crippen molar-refractivity contribution >= 4 is 35.0 Å². The Balaban J connectivity index is 1.74. The molecule has 1 aromatic heterocycles. The normalized spacial score (nSPS) is 14.9. The number of carbonyl (C=O) groups excluding carboxylic acids is 2. The van der Waals surface area contributed by atoms with E-state index in [0.29, 0.717) is 10.6 Å². The van der Waals surface area contributed by atoms with Gasteiger partial charge >= 0.3 is 6.18 Å². The summed E-state index contributed by atoms with van der Waals surface area (Å²) >= 11 is 0. The number of aryl methyl sites for hydroxylation is 2. The minimum atomic E-state index is -5.00. The average Bonchev–Trinajstić information content (AvgIpc) is 3.40. The minimum Gasteiger partial charge on any atom is -0.545 e. The number of amides is 1. The molecule has 0 atom stereocenters. The zero-order valence-corrected chi connectivity index (χ0v) is 18.6. The van der Waals surface area contributed by atoms with Crippen LogP contribution in [-0.2, 0) is 4.79 Å². The predicted molar refractivity (Wildman–Crippen MR) is 120 cm³/mol. The third-order valence-electron chi connectivity index (χ3n) is 5.48. The molecule has 0 N–H and O–H groups in total. The number of hydrazone groups is 1. The summed E-state index contributed by atoms with van der Waals surface area (Å²) in [4.78, 5) is 34.7. The maximum absolute atomic E-state index is 13.7. The van der Waals surface area contributed by atoms with E-state index in [-0.39, 0.29) is 34.0 Å². The van der Waals surface area contributed by atoms with Crippen molar-refractivity contribution in [3.8, 4) is 11.3 Å². The summed E-state index contributed by atoms with van der Waals surface area (Å²) in [5.74, 6) is -2.75. The highest BCUT2D eigenvalue weighted by Gasteiger charge is 2.47. The number of furan rings is 1. The first kappa shape index (κ1) is 24.4. The van der Waals surface area contributed by atoms with Crippen molar-refractivity contribution in [1.82, 2.24) is 0 Å².